The predicted octanol–water partition coefficient (Wildman–Crippen LogP) is 0.266. The van der Waals surface area contributed by atoms with Gasteiger partial charge >= 0.3 is 36.8 Å². The minimum atomic E-state index is -0.466. The molecule has 1 aromatic carbocycles. The van der Waals surface area contributed by atoms with E-state index in [9.17, 15) is 0 Å². The van der Waals surface area contributed by atoms with E-state index in [2.05, 4.69) is 45.4 Å². The van der Waals surface area contributed by atoms with Crippen molar-refractivity contribution in [2.45, 2.75) is 0 Å². The summed E-state index contributed by atoms with van der Waals surface area (Å²) in [6.07, 6.45) is 0. The third-order valence-corrected chi connectivity index (χ3v) is 1.53. The number of hydrogen-bond acceptors (Lipinski definition) is 0. The number of quaternary nitrogens is 1. The molecule has 0 radical (unpaired) electrons. The summed E-state index contributed by atoms with van der Waals surface area (Å²) in [6, 6.07) is 10.5. The number of nitrogens with zero attached hydrogens (tertiary/aromatic N) is 1. The molecule has 1 rings (SSSR count). The molecule has 0 atom stereocenters. The molecule has 4 heteroatoms. The van der Waals surface area contributed by atoms with Crippen LogP contribution in [0.1, 0.15) is 0 Å². The Morgan fingerprint density at radius 1 is 1.00 bits per heavy atom. The molecule has 0 fully saturated rings. The van der Waals surface area contributed by atoms with Gasteiger partial charge in [0.1, 0.15) is 5.69 Å². The number of benzene rings is 1. The van der Waals surface area contributed by atoms with Crippen LogP contribution in [0.3, 0.4) is 0 Å². The van der Waals surface area contributed by atoms with Crippen molar-refractivity contribution >= 4 is 23.5 Å². The Labute approximate surface area is 97.9 Å². The Bertz CT molecular complexity index is 221. The molecule has 0 saturated heterocycles. The van der Waals surface area contributed by atoms with Gasteiger partial charge in [-0.05, 0) is 12.1 Å². The van der Waals surface area contributed by atoms with Crippen LogP contribution >= 0.6 is 17.8 Å². The summed E-state index contributed by atoms with van der Waals surface area (Å²) in [5.41, 5.74) is 1.34. The first-order valence-corrected chi connectivity index (χ1v) is 9.23. The van der Waals surface area contributed by atoms with E-state index >= 15 is 0 Å². The normalized spacial score (nSPS) is 10.5. The molecule has 0 amide bonds. The second-order valence-electron chi connectivity index (χ2n) is 3.40. The number of rotatable bonds is 1. The molecule has 0 spiro atoms. The van der Waals surface area contributed by atoms with Crippen molar-refractivity contribution in [3.05, 3.63) is 30.3 Å². The van der Waals surface area contributed by atoms with E-state index in [4.69, 9.17) is 17.8 Å². The molecular formula is C9H14Cl2IN. The van der Waals surface area contributed by atoms with Crippen LogP contribution in [0.15, 0.2) is 30.3 Å². The molecule has 0 aliphatic carbocycles. The van der Waals surface area contributed by atoms with E-state index in [1.807, 2.05) is 6.07 Å². The van der Waals surface area contributed by atoms with Crippen molar-refractivity contribution in [3.8, 4) is 0 Å². The summed E-state index contributed by atoms with van der Waals surface area (Å²) in [5, 5.41) is 0. The summed E-state index contributed by atoms with van der Waals surface area (Å²) in [6.45, 7) is 0. The molecule has 0 bridgehead atoms. The Kier molecular flexibility index (Phi) is 7.13. The fourth-order valence-corrected chi connectivity index (χ4v) is 0.875. The minimum absolute atomic E-state index is 0.466. The van der Waals surface area contributed by atoms with Gasteiger partial charge in [0, 0.05) is 0 Å². The number of halogens is 3. The number of hydrogen-bond donors (Lipinski definition) is 0. The van der Waals surface area contributed by atoms with Crippen LogP contribution in [0.5, 0.6) is 0 Å². The van der Waals surface area contributed by atoms with Crippen molar-refractivity contribution < 1.29 is 18.9 Å². The van der Waals surface area contributed by atoms with Gasteiger partial charge in [0.25, 0.3) is 0 Å². The second kappa shape index (κ2) is 6.87. The van der Waals surface area contributed by atoms with Gasteiger partial charge in [0.15, 0.2) is 0 Å². The van der Waals surface area contributed by atoms with Gasteiger partial charge in [-0.1, -0.05) is 18.2 Å². The molecule has 1 aromatic rings. The Balaban J connectivity index is 0.000000424. The predicted molar refractivity (Wildman–Crippen MR) is 57.7 cm³/mol. The van der Waals surface area contributed by atoms with Gasteiger partial charge in [-0.15, -0.1) is 0 Å². The third-order valence-electron chi connectivity index (χ3n) is 1.53. The standard InChI is InChI=1S/C9H14N.Cl2I/c1-10(2,3)9-7-5-4-6-8-9;1-3-2/h4-8H,1-3H3;/q+1;-1. The molecule has 0 aliphatic heterocycles. The topological polar surface area (TPSA) is 0 Å². The van der Waals surface area contributed by atoms with Crippen LogP contribution in [-0.2, 0) is 0 Å². The van der Waals surface area contributed by atoms with Crippen LogP contribution in [0.2, 0.25) is 0 Å². The van der Waals surface area contributed by atoms with Crippen molar-refractivity contribution in [3.63, 3.8) is 0 Å². The fourth-order valence-electron chi connectivity index (χ4n) is 0.875. The summed E-state index contributed by atoms with van der Waals surface area (Å²) >= 11 is -0.466. The Hall–Kier alpha value is 0.490. The molecule has 13 heavy (non-hydrogen) atoms. The third kappa shape index (κ3) is 6.55. The molecule has 0 aromatic heterocycles. The summed E-state index contributed by atoms with van der Waals surface area (Å²) in [4.78, 5) is 0. The first-order valence-electron chi connectivity index (χ1n) is 3.76. The van der Waals surface area contributed by atoms with Crippen molar-refractivity contribution in [1.82, 2.24) is 4.48 Å². The molecule has 0 N–H and O–H groups in total. The van der Waals surface area contributed by atoms with Crippen LogP contribution in [0.25, 0.3) is 0 Å². The average Bonchev–Trinajstić information content (AvgIpc) is 2.06. The van der Waals surface area contributed by atoms with E-state index in [1.54, 1.807) is 0 Å². The zero-order valence-electron chi connectivity index (χ0n) is 7.97. The van der Waals surface area contributed by atoms with E-state index in [1.165, 1.54) is 5.69 Å². The quantitative estimate of drug-likeness (QED) is 0.511. The van der Waals surface area contributed by atoms with Crippen molar-refractivity contribution in [2.24, 2.45) is 0 Å². The fraction of sp³-hybridized carbons (Fsp3) is 0.333. The van der Waals surface area contributed by atoms with Crippen molar-refractivity contribution in [2.75, 3.05) is 21.1 Å². The Morgan fingerprint density at radius 2 is 1.38 bits per heavy atom. The monoisotopic (exact) mass is 333 g/mol. The average molecular weight is 334 g/mol. The maximum atomic E-state index is 4.87. The van der Waals surface area contributed by atoms with E-state index in [0.29, 0.717) is 0 Å². The first kappa shape index (κ1) is 13.5. The second-order valence-corrected chi connectivity index (χ2v) is 6.61. The molecule has 0 aliphatic rings. The molecule has 0 unspecified atom stereocenters. The summed E-state index contributed by atoms with van der Waals surface area (Å²) in [7, 11) is 16.2. The first-order chi connectivity index (χ1) is 6.02. The molecular weight excluding hydrogens is 320 g/mol. The van der Waals surface area contributed by atoms with Gasteiger partial charge in [0.05, 0.1) is 21.1 Å². The SMILES string of the molecule is C[N+](C)(C)c1ccccc1.Cl[I-]Cl. The molecule has 76 valence electrons. The van der Waals surface area contributed by atoms with Gasteiger partial charge in [-0.2, -0.15) is 0 Å². The van der Waals surface area contributed by atoms with Gasteiger partial charge in [-0.25, -0.2) is 0 Å². The Morgan fingerprint density at radius 3 is 1.62 bits per heavy atom. The number of para-hydroxylation sites is 1. The van der Waals surface area contributed by atoms with Gasteiger partial charge in [0.2, 0.25) is 0 Å². The molecule has 0 saturated carbocycles. The summed E-state index contributed by atoms with van der Waals surface area (Å²) in [5.74, 6) is 0. The van der Waals surface area contributed by atoms with Crippen LogP contribution in [0, 0.1) is 0 Å². The van der Waals surface area contributed by atoms with Gasteiger partial charge in [-0.3, -0.25) is 4.48 Å². The van der Waals surface area contributed by atoms with Crippen LogP contribution in [0.4, 0.5) is 5.69 Å². The van der Waals surface area contributed by atoms with E-state index in [0.717, 1.165) is 4.48 Å². The van der Waals surface area contributed by atoms with Gasteiger partial charge < -0.3 is 0 Å². The van der Waals surface area contributed by atoms with E-state index in [-0.39, 0.29) is 0 Å². The zero-order valence-corrected chi connectivity index (χ0v) is 11.6. The van der Waals surface area contributed by atoms with Crippen molar-refractivity contribution in [1.29, 1.82) is 0 Å². The zero-order chi connectivity index (χ0) is 10.3. The molecule has 0 heterocycles. The van der Waals surface area contributed by atoms with Crippen LogP contribution < -0.4 is 23.4 Å². The summed E-state index contributed by atoms with van der Waals surface area (Å²) < 4.78 is 0.890. The molecule has 1 nitrogen and oxygen atoms in total. The van der Waals surface area contributed by atoms with E-state index < -0.39 is 18.9 Å². The van der Waals surface area contributed by atoms with Crippen LogP contribution in [-0.4, -0.2) is 21.1 Å². The maximum absolute atomic E-state index is 4.87.